The number of carbonyl (C=O) groups is 1. The van der Waals surface area contributed by atoms with Crippen molar-refractivity contribution in [2.75, 3.05) is 19.0 Å². The number of carbonyl (C=O) groups excluding carboxylic acids is 1. The van der Waals surface area contributed by atoms with E-state index in [0.717, 1.165) is 16.8 Å². The van der Waals surface area contributed by atoms with Crippen LogP contribution < -0.4 is 14.4 Å². The molecular weight excluding hydrogens is 476 g/mol. The van der Waals surface area contributed by atoms with E-state index < -0.39 is 15.9 Å². The van der Waals surface area contributed by atoms with Gasteiger partial charge in [-0.3, -0.25) is 4.79 Å². The Morgan fingerprint density at radius 3 is 2.36 bits per heavy atom. The lowest BCUT2D eigenvalue weighted by molar-refractivity contribution is 0.0956. The van der Waals surface area contributed by atoms with Crippen molar-refractivity contribution in [2.45, 2.75) is 37.7 Å². The van der Waals surface area contributed by atoms with Crippen molar-refractivity contribution in [3.63, 3.8) is 0 Å². The van der Waals surface area contributed by atoms with Crippen LogP contribution in [-0.2, 0) is 22.0 Å². The van der Waals surface area contributed by atoms with Gasteiger partial charge in [-0.2, -0.15) is 0 Å². The third-order valence-electron chi connectivity index (χ3n) is 5.81. The van der Waals surface area contributed by atoms with Crippen molar-refractivity contribution >= 4 is 32.6 Å². The molecule has 7 nitrogen and oxygen atoms in total. The zero-order chi connectivity index (χ0) is 26.1. The van der Waals surface area contributed by atoms with Crippen molar-refractivity contribution in [3.05, 3.63) is 89.7 Å². The number of furan rings is 1. The lowest BCUT2D eigenvalue weighted by atomic mass is 9.87. The molecule has 1 heterocycles. The van der Waals surface area contributed by atoms with Gasteiger partial charge < -0.3 is 14.1 Å². The van der Waals surface area contributed by atoms with E-state index in [-0.39, 0.29) is 28.4 Å². The van der Waals surface area contributed by atoms with Gasteiger partial charge in [0.15, 0.2) is 5.76 Å². The summed E-state index contributed by atoms with van der Waals surface area (Å²) in [4.78, 5) is 14.8. The van der Waals surface area contributed by atoms with E-state index in [9.17, 15) is 13.2 Å². The Morgan fingerprint density at radius 1 is 0.972 bits per heavy atom. The summed E-state index contributed by atoms with van der Waals surface area (Å²) in [6.07, 6.45) is 0. The summed E-state index contributed by atoms with van der Waals surface area (Å²) in [5.41, 5.74) is 2.77. The number of nitrogens with one attached hydrogen (secondary N) is 1. The number of nitrogens with zero attached hydrogens (tertiary/aromatic N) is 1. The van der Waals surface area contributed by atoms with Crippen LogP contribution in [0.5, 0.6) is 5.75 Å². The topological polar surface area (TPSA) is 88.9 Å². The van der Waals surface area contributed by atoms with Crippen molar-refractivity contribution < 1.29 is 22.4 Å². The molecule has 0 unspecified atom stereocenters. The van der Waals surface area contributed by atoms with Gasteiger partial charge in [-0.1, -0.05) is 57.2 Å². The Kier molecular flexibility index (Phi) is 6.82. The molecule has 1 N–H and O–H groups in total. The third kappa shape index (κ3) is 5.54. The smallest absolute Gasteiger partial charge is 0.300 e. The van der Waals surface area contributed by atoms with E-state index in [0.29, 0.717) is 11.0 Å². The molecule has 0 aliphatic heterocycles. The minimum atomic E-state index is -4.28. The Hall–Kier alpha value is -3.78. The van der Waals surface area contributed by atoms with Crippen molar-refractivity contribution in [2.24, 2.45) is 0 Å². The van der Waals surface area contributed by atoms with Gasteiger partial charge in [-0.15, -0.1) is 0 Å². The average Bonchev–Trinajstić information content (AvgIpc) is 3.26. The molecule has 36 heavy (non-hydrogen) atoms. The summed E-state index contributed by atoms with van der Waals surface area (Å²) in [6, 6.07) is 21.5. The summed E-state index contributed by atoms with van der Waals surface area (Å²) in [7, 11) is -0.485. The molecule has 0 aliphatic carbocycles. The Morgan fingerprint density at radius 2 is 1.69 bits per heavy atom. The first-order chi connectivity index (χ1) is 16.9. The van der Waals surface area contributed by atoms with Gasteiger partial charge in [0.05, 0.1) is 0 Å². The van der Waals surface area contributed by atoms with Crippen LogP contribution in [-0.4, -0.2) is 28.4 Å². The molecular formula is C28H30N2O5S. The fourth-order valence-corrected chi connectivity index (χ4v) is 4.80. The molecule has 0 bridgehead atoms. The van der Waals surface area contributed by atoms with Gasteiger partial charge >= 0.3 is 5.91 Å². The first-order valence-electron chi connectivity index (χ1n) is 11.5. The number of hydrogen-bond donors (Lipinski definition) is 1. The summed E-state index contributed by atoms with van der Waals surface area (Å²) in [5, 5.41) is 0.699. The molecule has 4 rings (SSSR count). The Labute approximate surface area is 211 Å². The van der Waals surface area contributed by atoms with E-state index in [1.165, 1.54) is 6.07 Å². The maximum atomic E-state index is 13.4. The van der Waals surface area contributed by atoms with Crippen LogP contribution in [0.15, 0.2) is 82.1 Å². The molecule has 0 aliphatic rings. The number of hydrogen-bond acceptors (Lipinski definition) is 6. The Bertz CT molecular complexity index is 1500. The maximum Gasteiger partial charge on any atom is 0.300 e. The summed E-state index contributed by atoms with van der Waals surface area (Å²) >= 11 is 0. The first-order valence-corrected chi connectivity index (χ1v) is 13.0. The molecule has 0 fully saturated rings. The van der Waals surface area contributed by atoms with Crippen LogP contribution in [0.2, 0.25) is 0 Å². The van der Waals surface area contributed by atoms with Gasteiger partial charge in [-0.25, -0.2) is 13.1 Å². The fourth-order valence-electron chi connectivity index (χ4n) is 3.68. The number of amides is 1. The van der Waals surface area contributed by atoms with Gasteiger partial charge in [0.1, 0.15) is 22.8 Å². The van der Waals surface area contributed by atoms with Crippen LogP contribution in [0.1, 0.15) is 42.5 Å². The lowest BCUT2D eigenvalue weighted by Crippen LogP contribution is -2.31. The maximum absolute atomic E-state index is 13.4. The fraction of sp³-hybridized carbons (Fsp3) is 0.250. The number of fused-ring (bicyclic) bond motifs is 1. The predicted octanol–water partition coefficient (Wildman–Crippen LogP) is 5.49. The zero-order valence-corrected chi connectivity index (χ0v) is 21.8. The number of benzene rings is 3. The van der Waals surface area contributed by atoms with Crippen molar-refractivity contribution in [3.8, 4) is 5.75 Å². The highest BCUT2D eigenvalue weighted by molar-refractivity contribution is 7.90. The van der Waals surface area contributed by atoms with E-state index >= 15 is 0 Å². The van der Waals surface area contributed by atoms with Gasteiger partial charge in [0.2, 0.25) is 0 Å². The standard InChI is InChI=1S/C28H30N2O5S/c1-28(2,3)21-12-14-23(34-18-19-9-7-6-8-10-19)26(16-21)36(32,33)29-27(31)25-15-20-11-13-22(30(4)5)17-24(20)35-25/h6-17H,18H2,1-5H3,(H,29,31). The minimum absolute atomic E-state index is 0.0942. The highest BCUT2D eigenvalue weighted by atomic mass is 32.2. The van der Waals surface area contributed by atoms with Crippen molar-refractivity contribution in [1.29, 1.82) is 0 Å². The summed E-state index contributed by atoms with van der Waals surface area (Å²) in [6.45, 7) is 6.14. The van der Waals surface area contributed by atoms with Gasteiger partial charge in [0, 0.05) is 31.2 Å². The molecule has 0 saturated carbocycles. The molecule has 8 heteroatoms. The second kappa shape index (κ2) is 9.70. The summed E-state index contributed by atoms with van der Waals surface area (Å²) in [5.74, 6) is -0.789. The molecule has 0 atom stereocenters. The van der Waals surface area contributed by atoms with E-state index in [2.05, 4.69) is 4.72 Å². The molecule has 1 amide bonds. The number of ether oxygens (including phenoxy) is 1. The van der Waals surface area contributed by atoms with Crippen LogP contribution in [0, 0.1) is 0 Å². The monoisotopic (exact) mass is 506 g/mol. The molecule has 0 saturated heterocycles. The second-order valence-corrected chi connectivity index (χ2v) is 11.5. The average molecular weight is 507 g/mol. The van der Waals surface area contributed by atoms with Gasteiger partial charge in [0.25, 0.3) is 10.0 Å². The second-order valence-electron chi connectivity index (χ2n) is 9.85. The van der Waals surface area contributed by atoms with Crippen LogP contribution >= 0.6 is 0 Å². The minimum Gasteiger partial charge on any atom is -0.487 e. The molecule has 4 aromatic rings. The predicted molar refractivity (Wildman–Crippen MR) is 141 cm³/mol. The molecule has 188 valence electrons. The van der Waals surface area contributed by atoms with E-state index in [1.807, 2.05) is 88.3 Å². The highest BCUT2D eigenvalue weighted by Gasteiger charge is 2.27. The third-order valence-corrected chi connectivity index (χ3v) is 7.16. The Balaban J connectivity index is 1.65. The largest absolute Gasteiger partial charge is 0.487 e. The van der Waals surface area contributed by atoms with Crippen molar-refractivity contribution in [1.82, 2.24) is 4.72 Å². The zero-order valence-electron chi connectivity index (χ0n) is 21.0. The SMILES string of the molecule is CN(C)c1ccc2cc(C(=O)NS(=O)(=O)c3cc(C(C)(C)C)ccc3OCc3ccccc3)oc2c1. The molecule has 3 aromatic carbocycles. The lowest BCUT2D eigenvalue weighted by Gasteiger charge is -2.21. The van der Waals surface area contributed by atoms with Crippen LogP contribution in [0.3, 0.4) is 0 Å². The highest BCUT2D eigenvalue weighted by Crippen LogP contribution is 2.32. The van der Waals surface area contributed by atoms with Gasteiger partial charge in [-0.05, 0) is 46.9 Å². The first kappa shape index (κ1) is 25.3. The number of rotatable bonds is 7. The normalized spacial score (nSPS) is 11.9. The summed E-state index contributed by atoms with van der Waals surface area (Å²) < 4.78 is 40.6. The quantitative estimate of drug-likeness (QED) is 0.356. The molecule has 1 aromatic heterocycles. The van der Waals surface area contributed by atoms with E-state index in [4.69, 9.17) is 9.15 Å². The number of sulfonamides is 1. The molecule has 0 spiro atoms. The molecule has 0 radical (unpaired) electrons. The van der Waals surface area contributed by atoms with Crippen LogP contribution in [0.25, 0.3) is 11.0 Å². The number of anilines is 1. The van der Waals surface area contributed by atoms with Crippen LogP contribution in [0.4, 0.5) is 5.69 Å². The van der Waals surface area contributed by atoms with E-state index in [1.54, 1.807) is 18.2 Å².